The van der Waals surface area contributed by atoms with Gasteiger partial charge in [0.1, 0.15) is 6.04 Å². The van der Waals surface area contributed by atoms with Crippen LogP contribution in [-0.2, 0) is 16.0 Å². The molecule has 0 radical (unpaired) electrons. The number of pyridine rings is 1. The molecule has 0 aliphatic carbocycles. The Bertz CT molecular complexity index is 1320. The highest BCUT2D eigenvalue weighted by molar-refractivity contribution is 6.38. The van der Waals surface area contributed by atoms with E-state index in [-0.39, 0.29) is 12.0 Å². The van der Waals surface area contributed by atoms with Crippen LogP contribution in [0.15, 0.2) is 91.3 Å². The molecule has 0 aliphatic heterocycles. The lowest BCUT2D eigenvalue weighted by Crippen LogP contribution is -2.48. The SMILES string of the molecule is CCNC(=O)C(=O)C(Cc1ccccc1)NC(=O)c1cccnc1-n1ccc(-c2ccccc2)n1. The van der Waals surface area contributed by atoms with Crippen molar-refractivity contribution < 1.29 is 14.4 Å². The van der Waals surface area contributed by atoms with Crippen LogP contribution in [0.5, 0.6) is 0 Å². The molecule has 2 aromatic heterocycles. The van der Waals surface area contributed by atoms with Crippen LogP contribution < -0.4 is 10.6 Å². The molecule has 8 nitrogen and oxygen atoms in total. The van der Waals surface area contributed by atoms with Crippen LogP contribution in [0, 0.1) is 0 Å². The van der Waals surface area contributed by atoms with Crippen molar-refractivity contribution in [3.05, 3.63) is 102 Å². The zero-order chi connectivity index (χ0) is 24.6. The van der Waals surface area contributed by atoms with E-state index in [2.05, 4.69) is 20.7 Å². The topological polar surface area (TPSA) is 106 Å². The number of rotatable bonds is 9. The summed E-state index contributed by atoms with van der Waals surface area (Å²) in [5.74, 6) is -1.65. The Morgan fingerprint density at radius 3 is 2.34 bits per heavy atom. The van der Waals surface area contributed by atoms with Crippen molar-refractivity contribution in [1.82, 2.24) is 25.4 Å². The van der Waals surface area contributed by atoms with E-state index in [0.29, 0.717) is 12.4 Å². The predicted octanol–water partition coefficient (Wildman–Crippen LogP) is 2.98. The van der Waals surface area contributed by atoms with Gasteiger partial charge in [0.15, 0.2) is 5.82 Å². The maximum Gasteiger partial charge on any atom is 0.289 e. The highest BCUT2D eigenvalue weighted by Crippen LogP contribution is 2.19. The third-order valence-corrected chi connectivity index (χ3v) is 5.37. The van der Waals surface area contributed by atoms with Gasteiger partial charge in [0.25, 0.3) is 11.8 Å². The second kappa shape index (κ2) is 11.0. The lowest BCUT2D eigenvalue weighted by Gasteiger charge is -2.18. The molecule has 2 heterocycles. The first kappa shape index (κ1) is 23.6. The largest absolute Gasteiger partial charge is 0.350 e. The fourth-order valence-corrected chi connectivity index (χ4v) is 3.66. The first-order chi connectivity index (χ1) is 17.1. The molecule has 0 spiro atoms. The number of nitrogens with one attached hydrogen (secondary N) is 2. The summed E-state index contributed by atoms with van der Waals surface area (Å²) in [4.78, 5) is 42.8. The Balaban J connectivity index is 1.61. The maximum absolute atomic E-state index is 13.3. The molecule has 1 unspecified atom stereocenters. The van der Waals surface area contributed by atoms with Gasteiger partial charge in [-0.3, -0.25) is 14.4 Å². The van der Waals surface area contributed by atoms with Crippen molar-refractivity contribution >= 4 is 17.6 Å². The molecule has 2 amide bonds. The van der Waals surface area contributed by atoms with E-state index >= 15 is 0 Å². The average Bonchev–Trinajstić information content (AvgIpc) is 3.39. The summed E-state index contributed by atoms with van der Waals surface area (Å²) in [7, 11) is 0. The van der Waals surface area contributed by atoms with E-state index in [1.165, 1.54) is 4.68 Å². The van der Waals surface area contributed by atoms with Crippen LogP contribution in [0.1, 0.15) is 22.8 Å². The van der Waals surface area contributed by atoms with E-state index in [0.717, 1.165) is 16.8 Å². The Kier molecular flexibility index (Phi) is 7.42. The van der Waals surface area contributed by atoms with E-state index in [4.69, 9.17) is 0 Å². The van der Waals surface area contributed by atoms with Gasteiger partial charge in [-0.05, 0) is 30.7 Å². The molecule has 2 N–H and O–H groups in total. The van der Waals surface area contributed by atoms with Gasteiger partial charge in [-0.1, -0.05) is 60.7 Å². The predicted molar refractivity (Wildman–Crippen MR) is 132 cm³/mol. The normalized spacial score (nSPS) is 11.5. The molecule has 35 heavy (non-hydrogen) atoms. The number of likely N-dealkylation sites (N-methyl/N-ethyl adjacent to an activating group) is 1. The maximum atomic E-state index is 13.3. The number of hydrogen-bond acceptors (Lipinski definition) is 5. The minimum Gasteiger partial charge on any atom is -0.350 e. The first-order valence-electron chi connectivity index (χ1n) is 11.3. The van der Waals surface area contributed by atoms with E-state index < -0.39 is 23.6 Å². The summed E-state index contributed by atoms with van der Waals surface area (Å²) in [5.41, 5.74) is 2.72. The molecule has 0 fully saturated rings. The summed E-state index contributed by atoms with van der Waals surface area (Å²) >= 11 is 0. The number of ketones is 1. The number of hydrogen-bond donors (Lipinski definition) is 2. The fraction of sp³-hybridized carbons (Fsp3) is 0.148. The molecular weight excluding hydrogens is 442 g/mol. The summed E-state index contributed by atoms with van der Waals surface area (Å²) in [5, 5.41) is 9.82. The van der Waals surface area contributed by atoms with Gasteiger partial charge in [0, 0.05) is 30.9 Å². The molecule has 1 atom stereocenters. The van der Waals surface area contributed by atoms with Gasteiger partial charge in [0.05, 0.1) is 11.3 Å². The van der Waals surface area contributed by atoms with Crippen LogP contribution in [-0.4, -0.2) is 44.9 Å². The Hall–Kier alpha value is -4.59. The van der Waals surface area contributed by atoms with Gasteiger partial charge >= 0.3 is 0 Å². The number of Topliss-reactive ketones (excluding diaryl/α,β-unsaturated/α-hetero) is 1. The number of amides is 2. The van der Waals surface area contributed by atoms with Gasteiger partial charge in [-0.25, -0.2) is 9.67 Å². The van der Waals surface area contributed by atoms with Crippen molar-refractivity contribution in [2.45, 2.75) is 19.4 Å². The highest BCUT2D eigenvalue weighted by Gasteiger charge is 2.28. The number of carbonyl (C=O) groups excluding carboxylic acids is 3. The molecule has 0 aliphatic rings. The Morgan fingerprint density at radius 2 is 1.63 bits per heavy atom. The zero-order valence-corrected chi connectivity index (χ0v) is 19.2. The summed E-state index contributed by atoms with van der Waals surface area (Å²) in [6.45, 7) is 2.04. The van der Waals surface area contributed by atoms with E-state index in [1.807, 2.05) is 66.7 Å². The lowest BCUT2D eigenvalue weighted by molar-refractivity contribution is -0.138. The summed E-state index contributed by atoms with van der Waals surface area (Å²) < 4.78 is 1.52. The fourth-order valence-electron chi connectivity index (χ4n) is 3.66. The minimum absolute atomic E-state index is 0.179. The van der Waals surface area contributed by atoms with Crippen LogP contribution in [0.3, 0.4) is 0 Å². The molecular formula is C27H25N5O3. The van der Waals surface area contributed by atoms with Gasteiger partial charge in [-0.15, -0.1) is 0 Å². The van der Waals surface area contributed by atoms with Crippen LogP contribution in [0.2, 0.25) is 0 Å². The third-order valence-electron chi connectivity index (χ3n) is 5.37. The highest BCUT2D eigenvalue weighted by atomic mass is 16.2. The van der Waals surface area contributed by atoms with Crippen molar-refractivity contribution in [2.24, 2.45) is 0 Å². The molecule has 4 rings (SSSR count). The third kappa shape index (κ3) is 5.67. The van der Waals surface area contributed by atoms with Crippen LogP contribution in [0.4, 0.5) is 0 Å². The quantitative estimate of drug-likeness (QED) is 0.368. The van der Waals surface area contributed by atoms with Crippen molar-refractivity contribution in [3.8, 4) is 17.1 Å². The molecule has 4 aromatic rings. The second-order valence-corrected chi connectivity index (χ2v) is 7.83. The smallest absolute Gasteiger partial charge is 0.289 e. The van der Waals surface area contributed by atoms with Crippen molar-refractivity contribution in [3.63, 3.8) is 0 Å². The zero-order valence-electron chi connectivity index (χ0n) is 19.2. The molecule has 8 heteroatoms. The van der Waals surface area contributed by atoms with Crippen molar-refractivity contribution in [2.75, 3.05) is 6.54 Å². The average molecular weight is 468 g/mol. The number of nitrogens with zero attached hydrogens (tertiary/aromatic N) is 3. The first-order valence-corrected chi connectivity index (χ1v) is 11.3. The minimum atomic E-state index is -1.04. The van der Waals surface area contributed by atoms with Crippen LogP contribution in [0.25, 0.3) is 17.1 Å². The Morgan fingerprint density at radius 1 is 0.914 bits per heavy atom. The molecule has 0 saturated heterocycles. The lowest BCUT2D eigenvalue weighted by atomic mass is 10.0. The number of benzene rings is 2. The molecule has 0 saturated carbocycles. The van der Waals surface area contributed by atoms with E-state index in [9.17, 15) is 14.4 Å². The summed E-state index contributed by atoms with van der Waals surface area (Å²) in [6.07, 6.45) is 3.47. The number of aromatic nitrogens is 3. The molecule has 176 valence electrons. The summed E-state index contributed by atoms with van der Waals surface area (Å²) in [6, 6.07) is 22.9. The van der Waals surface area contributed by atoms with Crippen LogP contribution >= 0.6 is 0 Å². The monoisotopic (exact) mass is 467 g/mol. The molecule has 2 aromatic carbocycles. The van der Waals surface area contributed by atoms with Gasteiger partial charge in [0.2, 0.25) is 5.78 Å². The van der Waals surface area contributed by atoms with Crippen molar-refractivity contribution in [1.29, 1.82) is 0 Å². The van der Waals surface area contributed by atoms with Gasteiger partial charge < -0.3 is 10.6 Å². The van der Waals surface area contributed by atoms with Gasteiger partial charge in [-0.2, -0.15) is 5.10 Å². The molecule has 0 bridgehead atoms. The standard InChI is InChI=1S/C27H25N5O3/c1-2-28-27(35)24(33)23(18-19-10-5-3-6-11-19)30-26(34)21-14-9-16-29-25(21)32-17-15-22(31-32)20-12-7-4-8-13-20/h3-17,23H,2,18H2,1H3,(H,28,35)(H,30,34). The second-order valence-electron chi connectivity index (χ2n) is 7.83. The Labute approximate surface area is 203 Å². The van der Waals surface area contributed by atoms with E-state index in [1.54, 1.807) is 31.5 Å². The number of carbonyl (C=O) groups is 3.